The molecule has 0 aromatic rings. The molecule has 1 aliphatic carbocycles. The summed E-state index contributed by atoms with van der Waals surface area (Å²) in [6.45, 7) is 8.39. The number of hydrogen-bond donors (Lipinski definition) is 1. The summed E-state index contributed by atoms with van der Waals surface area (Å²) in [5, 5.41) is 0. The third kappa shape index (κ3) is 2.58. The third-order valence-corrected chi connectivity index (χ3v) is 4.37. The number of ether oxygens (including phenoxy) is 1. The maximum atomic E-state index is 5.93. The highest BCUT2D eigenvalue weighted by molar-refractivity contribution is 4.89. The molecule has 16 heavy (non-hydrogen) atoms. The standard InChI is InChI=1S/C13H26N2O/c1-10-3-4-12(8-14)13(7-10)15-5-6-16-9-11(15)2/h10-13H,3-9,14H2,1-2H3. The van der Waals surface area contributed by atoms with Gasteiger partial charge in [0.1, 0.15) is 0 Å². The van der Waals surface area contributed by atoms with Gasteiger partial charge in [-0.05, 0) is 38.1 Å². The lowest BCUT2D eigenvalue weighted by Gasteiger charge is -2.46. The van der Waals surface area contributed by atoms with Crippen LogP contribution in [0.2, 0.25) is 0 Å². The number of rotatable bonds is 2. The first-order valence-electron chi connectivity index (χ1n) is 6.76. The Morgan fingerprint density at radius 2 is 2.12 bits per heavy atom. The van der Waals surface area contributed by atoms with Crippen LogP contribution < -0.4 is 5.73 Å². The fraction of sp³-hybridized carbons (Fsp3) is 1.00. The smallest absolute Gasteiger partial charge is 0.0619 e. The van der Waals surface area contributed by atoms with Crippen molar-refractivity contribution in [3.63, 3.8) is 0 Å². The zero-order valence-electron chi connectivity index (χ0n) is 10.7. The first kappa shape index (κ1) is 12.3. The lowest BCUT2D eigenvalue weighted by molar-refractivity contribution is -0.0471. The molecule has 1 saturated heterocycles. The van der Waals surface area contributed by atoms with Crippen LogP contribution in [0.3, 0.4) is 0 Å². The van der Waals surface area contributed by atoms with Gasteiger partial charge in [-0.25, -0.2) is 0 Å². The summed E-state index contributed by atoms with van der Waals surface area (Å²) in [6.07, 6.45) is 4.00. The molecule has 3 nitrogen and oxygen atoms in total. The summed E-state index contributed by atoms with van der Waals surface area (Å²) in [5.41, 5.74) is 5.93. The van der Waals surface area contributed by atoms with Crippen LogP contribution >= 0.6 is 0 Å². The molecule has 2 N–H and O–H groups in total. The van der Waals surface area contributed by atoms with Crippen LogP contribution in [0.4, 0.5) is 0 Å². The SMILES string of the molecule is CC1CCC(CN)C(N2CCOCC2C)C1. The quantitative estimate of drug-likeness (QED) is 0.775. The molecular formula is C13H26N2O. The van der Waals surface area contributed by atoms with Crippen LogP contribution in [-0.2, 0) is 4.74 Å². The highest BCUT2D eigenvalue weighted by atomic mass is 16.5. The van der Waals surface area contributed by atoms with Gasteiger partial charge in [0, 0.05) is 18.6 Å². The summed E-state index contributed by atoms with van der Waals surface area (Å²) in [6, 6.07) is 1.27. The van der Waals surface area contributed by atoms with Crippen LogP contribution in [0.1, 0.15) is 33.1 Å². The Labute approximate surface area is 99.3 Å². The van der Waals surface area contributed by atoms with Crippen LogP contribution in [0, 0.1) is 11.8 Å². The van der Waals surface area contributed by atoms with E-state index in [0.717, 1.165) is 32.2 Å². The second kappa shape index (κ2) is 5.48. The molecule has 0 bridgehead atoms. The van der Waals surface area contributed by atoms with Crippen molar-refractivity contribution in [3.8, 4) is 0 Å². The van der Waals surface area contributed by atoms with Crippen molar-refractivity contribution < 1.29 is 4.74 Å². The molecule has 4 atom stereocenters. The minimum Gasteiger partial charge on any atom is -0.379 e. The van der Waals surface area contributed by atoms with Crippen LogP contribution in [0.15, 0.2) is 0 Å². The van der Waals surface area contributed by atoms with Gasteiger partial charge in [0.2, 0.25) is 0 Å². The van der Waals surface area contributed by atoms with Crippen molar-refractivity contribution in [2.45, 2.75) is 45.2 Å². The summed E-state index contributed by atoms with van der Waals surface area (Å²) in [4.78, 5) is 2.65. The Morgan fingerprint density at radius 3 is 2.81 bits per heavy atom. The number of hydrogen-bond acceptors (Lipinski definition) is 3. The van der Waals surface area contributed by atoms with Crippen LogP contribution in [0.5, 0.6) is 0 Å². The fourth-order valence-corrected chi connectivity index (χ4v) is 3.33. The Hall–Kier alpha value is -0.120. The minimum atomic E-state index is 0.568. The molecule has 0 aromatic carbocycles. The topological polar surface area (TPSA) is 38.5 Å². The van der Waals surface area contributed by atoms with E-state index in [4.69, 9.17) is 10.5 Å². The minimum absolute atomic E-state index is 0.568. The van der Waals surface area contributed by atoms with Crippen LogP contribution in [-0.4, -0.2) is 43.3 Å². The Balaban J connectivity index is 2.02. The number of morpholine rings is 1. The number of nitrogens with zero attached hydrogens (tertiary/aromatic N) is 1. The molecule has 4 unspecified atom stereocenters. The van der Waals surface area contributed by atoms with Crippen molar-refractivity contribution in [2.75, 3.05) is 26.3 Å². The van der Waals surface area contributed by atoms with Crippen molar-refractivity contribution in [2.24, 2.45) is 17.6 Å². The first-order valence-corrected chi connectivity index (χ1v) is 6.76. The van der Waals surface area contributed by atoms with Gasteiger partial charge in [-0.1, -0.05) is 13.3 Å². The van der Waals surface area contributed by atoms with E-state index in [9.17, 15) is 0 Å². The molecule has 2 aliphatic rings. The van der Waals surface area contributed by atoms with Gasteiger partial charge in [0.25, 0.3) is 0 Å². The average molecular weight is 226 g/mol. The molecule has 1 aliphatic heterocycles. The lowest BCUT2D eigenvalue weighted by Crippen LogP contribution is -2.54. The van der Waals surface area contributed by atoms with Crippen molar-refractivity contribution in [1.29, 1.82) is 0 Å². The molecule has 0 amide bonds. The Bertz CT molecular complexity index is 222. The Kier molecular flexibility index (Phi) is 4.22. The van der Waals surface area contributed by atoms with Gasteiger partial charge >= 0.3 is 0 Å². The van der Waals surface area contributed by atoms with Crippen molar-refractivity contribution >= 4 is 0 Å². The highest BCUT2D eigenvalue weighted by Gasteiger charge is 2.35. The molecule has 0 spiro atoms. The largest absolute Gasteiger partial charge is 0.379 e. The molecule has 0 aromatic heterocycles. The predicted molar refractivity (Wildman–Crippen MR) is 66.3 cm³/mol. The molecule has 2 rings (SSSR count). The van der Waals surface area contributed by atoms with Gasteiger partial charge in [0.05, 0.1) is 13.2 Å². The third-order valence-electron chi connectivity index (χ3n) is 4.37. The molecular weight excluding hydrogens is 200 g/mol. The second-order valence-electron chi connectivity index (χ2n) is 5.64. The lowest BCUT2D eigenvalue weighted by atomic mass is 9.78. The fourth-order valence-electron chi connectivity index (χ4n) is 3.33. The van der Waals surface area contributed by atoms with Crippen molar-refractivity contribution in [3.05, 3.63) is 0 Å². The molecule has 94 valence electrons. The zero-order chi connectivity index (χ0) is 11.5. The van der Waals surface area contributed by atoms with Gasteiger partial charge in [0.15, 0.2) is 0 Å². The average Bonchev–Trinajstić information content (AvgIpc) is 2.29. The zero-order valence-corrected chi connectivity index (χ0v) is 10.7. The number of nitrogens with two attached hydrogens (primary N) is 1. The monoisotopic (exact) mass is 226 g/mol. The van der Waals surface area contributed by atoms with E-state index in [0.29, 0.717) is 18.0 Å². The maximum Gasteiger partial charge on any atom is 0.0619 e. The van der Waals surface area contributed by atoms with Crippen molar-refractivity contribution in [1.82, 2.24) is 4.90 Å². The summed E-state index contributed by atoms with van der Waals surface area (Å²) in [5.74, 6) is 1.57. The molecule has 2 fully saturated rings. The van der Waals surface area contributed by atoms with Crippen LogP contribution in [0.25, 0.3) is 0 Å². The Morgan fingerprint density at radius 1 is 1.31 bits per heavy atom. The van der Waals surface area contributed by atoms with E-state index in [1.807, 2.05) is 0 Å². The molecule has 1 saturated carbocycles. The van der Waals surface area contributed by atoms with Gasteiger partial charge in [-0.15, -0.1) is 0 Å². The van der Waals surface area contributed by atoms with E-state index in [-0.39, 0.29) is 0 Å². The maximum absolute atomic E-state index is 5.93. The predicted octanol–water partition coefficient (Wildman–Crippen LogP) is 1.47. The van der Waals surface area contributed by atoms with Gasteiger partial charge < -0.3 is 10.5 Å². The first-order chi connectivity index (χ1) is 7.72. The van der Waals surface area contributed by atoms with E-state index in [1.165, 1.54) is 19.3 Å². The molecule has 1 heterocycles. The van der Waals surface area contributed by atoms with E-state index in [1.54, 1.807) is 0 Å². The summed E-state index contributed by atoms with van der Waals surface area (Å²) in [7, 11) is 0. The van der Waals surface area contributed by atoms with Gasteiger partial charge in [-0.3, -0.25) is 4.90 Å². The van der Waals surface area contributed by atoms with E-state index in [2.05, 4.69) is 18.7 Å². The highest BCUT2D eigenvalue weighted by Crippen LogP contribution is 2.33. The summed E-state index contributed by atoms with van der Waals surface area (Å²) >= 11 is 0. The second-order valence-corrected chi connectivity index (χ2v) is 5.64. The molecule has 3 heteroatoms. The molecule has 0 radical (unpaired) electrons. The van der Waals surface area contributed by atoms with E-state index >= 15 is 0 Å². The van der Waals surface area contributed by atoms with Gasteiger partial charge in [-0.2, -0.15) is 0 Å². The normalized spacial score (nSPS) is 42.2. The van der Waals surface area contributed by atoms with E-state index < -0.39 is 0 Å². The summed E-state index contributed by atoms with van der Waals surface area (Å²) < 4.78 is 5.53.